The first-order valence-corrected chi connectivity index (χ1v) is 24.1. The predicted octanol–water partition coefficient (Wildman–Crippen LogP) is 7.48. The Morgan fingerprint density at radius 1 is 0.913 bits per heavy atom. The van der Waals surface area contributed by atoms with Crippen molar-refractivity contribution in [3.8, 4) is 50.7 Å². The lowest BCUT2D eigenvalue weighted by Crippen LogP contribution is -2.49. The summed E-state index contributed by atoms with van der Waals surface area (Å²) in [4.78, 5) is 37.2. The van der Waals surface area contributed by atoms with Crippen molar-refractivity contribution in [1.82, 2.24) is 29.7 Å². The topological polar surface area (TPSA) is 169 Å². The van der Waals surface area contributed by atoms with E-state index in [9.17, 15) is 14.3 Å². The van der Waals surface area contributed by atoms with Crippen LogP contribution in [0.2, 0.25) is 10.0 Å². The maximum Gasteiger partial charge on any atom is 0.345 e. The lowest BCUT2D eigenvalue weighted by Gasteiger charge is -2.35. The van der Waals surface area contributed by atoms with Gasteiger partial charge in [0.05, 0.1) is 34.3 Å². The molecule has 20 heteroatoms. The van der Waals surface area contributed by atoms with E-state index in [0.29, 0.717) is 91.2 Å². The Hall–Kier alpha value is -5.44. The highest BCUT2D eigenvalue weighted by atomic mass is 35.5. The van der Waals surface area contributed by atoms with Gasteiger partial charge in [-0.2, -0.15) is 4.98 Å². The van der Waals surface area contributed by atoms with Crippen LogP contribution in [-0.2, 0) is 32.0 Å². The minimum absolute atomic E-state index is 0.0121. The summed E-state index contributed by atoms with van der Waals surface area (Å²) < 4.78 is 64.1. The fourth-order valence-corrected chi connectivity index (χ4v) is 10.9. The molecule has 3 fully saturated rings. The van der Waals surface area contributed by atoms with Crippen molar-refractivity contribution in [2.75, 3.05) is 66.7 Å². The molecule has 0 aliphatic carbocycles. The molecule has 6 atom stereocenters. The molecule has 6 aromatic rings. The van der Waals surface area contributed by atoms with Gasteiger partial charge in [0, 0.05) is 68.5 Å². The number of carboxylic acid groups (broad SMARTS) is 1. The van der Waals surface area contributed by atoms with Gasteiger partial charge in [0.1, 0.15) is 66.1 Å². The zero-order valence-corrected chi connectivity index (χ0v) is 40.5. The van der Waals surface area contributed by atoms with Gasteiger partial charge >= 0.3 is 12.0 Å². The highest BCUT2D eigenvalue weighted by Crippen LogP contribution is 2.53. The van der Waals surface area contributed by atoms with Crippen molar-refractivity contribution < 1.29 is 52.2 Å². The SMILES string of the molecule is CO[C@@H]1CO[C@H]2[C@@H]1OC[C@H]2Oc1nccc(COc2ccc3cc2C[C@H](C(=O)O)Oc2ncnc4sc(-c5ccc(F)cc5)c(c24)-c2c(C)c(Cl)c(c(Cl)c2C)O[C@H](CN2CCN(C)CC2)CO3)n1. The van der Waals surface area contributed by atoms with Crippen LogP contribution in [0, 0.1) is 19.7 Å². The Morgan fingerprint density at radius 2 is 1.65 bits per heavy atom. The number of carboxylic acids is 1. The van der Waals surface area contributed by atoms with Gasteiger partial charge in [-0.1, -0.05) is 35.3 Å². The van der Waals surface area contributed by atoms with Crippen LogP contribution in [0.5, 0.6) is 29.1 Å². The molecule has 1 N–H and O–H groups in total. The number of likely N-dealkylation sites (N-methyl/N-ethyl adjacent to an activating group) is 1. The smallest absolute Gasteiger partial charge is 0.345 e. The van der Waals surface area contributed by atoms with E-state index < -0.39 is 30.1 Å². The Morgan fingerprint density at radius 3 is 2.39 bits per heavy atom. The number of aromatic nitrogens is 4. The second-order valence-corrected chi connectivity index (χ2v) is 19.2. The zero-order chi connectivity index (χ0) is 47.9. The molecular formula is C49H49Cl2FN6O10S. The number of piperazine rings is 1. The average Bonchev–Trinajstić information content (AvgIpc) is 4.07. The fraction of sp³-hybridized carbons (Fsp3) is 0.408. The summed E-state index contributed by atoms with van der Waals surface area (Å²) >= 11 is 16.0. The summed E-state index contributed by atoms with van der Waals surface area (Å²) in [5.41, 5.74) is 4.20. The largest absolute Gasteiger partial charge is 0.490 e. The van der Waals surface area contributed by atoms with Crippen LogP contribution in [0.1, 0.15) is 22.4 Å². The summed E-state index contributed by atoms with van der Waals surface area (Å²) in [6.45, 7) is 8.45. The molecule has 11 rings (SSSR count). The lowest BCUT2D eigenvalue weighted by molar-refractivity contribution is -0.145. The Kier molecular flexibility index (Phi) is 13.8. The van der Waals surface area contributed by atoms with E-state index in [1.807, 2.05) is 13.8 Å². The van der Waals surface area contributed by atoms with E-state index in [4.69, 9.17) is 61.1 Å². The molecule has 8 heterocycles. The molecule has 0 unspecified atom stereocenters. The van der Waals surface area contributed by atoms with Gasteiger partial charge in [0.15, 0.2) is 11.9 Å². The quantitative estimate of drug-likeness (QED) is 0.143. The minimum atomic E-state index is -1.49. The molecule has 69 heavy (non-hydrogen) atoms. The molecule has 5 aliphatic heterocycles. The van der Waals surface area contributed by atoms with Gasteiger partial charge in [-0.05, 0) is 79.5 Å². The van der Waals surface area contributed by atoms with E-state index >= 15 is 0 Å². The third-order valence-electron chi connectivity index (χ3n) is 13.0. The molecule has 5 aliphatic rings. The number of thiophene rings is 1. The van der Waals surface area contributed by atoms with Crippen molar-refractivity contribution in [1.29, 1.82) is 0 Å². The van der Waals surface area contributed by atoms with Crippen molar-refractivity contribution in [3.63, 3.8) is 0 Å². The van der Waals surface area contributed by atoms with Crippen molar-refractivity contribution in [2.24, 2.45) is 0 Å². The number of fused-ring (bicyclic) bond motifs is 8. The van der Waals surface area contributed by atoms with Crippen molar-refractivity contribution in [3.05, 3.63) is 99.3 Å². The maximum absolute atomic E-state index is 14.4. The van der Waals surface area contributed by atoms with E-state index in [2.05, 4.69) is 36.8 Å². The van der Waals surface area contributed by atoms with Crippen LogP contribution >= 0.6 is 34.5 Å². The Bertz CT molecular complexity index is 2840. The first-order valence-electron chi connectivity index (χ1n) is 22.5. The first kappa shape index (κ1) is 47.2. The van der Waals surface area contributed by atoms with Gasteiger partial charge in [0.25, 0.3) is 0 Å². The number of nitrogens with zero attached hydrogens (tertiary/aromatic N) is 6. The summed E-state index contributed by atoms with van der Waals surface area (Å²) in [6, 6.07) is 13.1. The molecule has 16 nitrogen and oxygen atoms in total. The molecule has 362 valence electrons. The van der Waals surface area contributed by atoms with Crippen molar-refractivity contribution >= 4 is 50.7 Å². The third-order valence-corrected chi connectivity index (χ3v) is 15.0. The van der Waals surface area contributed by atoms with Gasteiger partial charge in [0.2, 0.25) is 12.0 Å². The highest BCUT2D eigenvalue weighted by Gasteiger charge is 2.49. The number of rotatable bonds is 10. The zero-order valence-electron chi connectivity index (χ0n) is 38.2. The molecule has 3 aromatic carbocycles. The number of hydrogen-bond donors (Lipinski definition) is 1. The number of hydrogen-bond acceptors (Lipinski definition) is 16. The van der Waals surface area contributed by atoms with Gasteiger partial charge in [-0.3, -0.25) is 4.90 Å². The first-order chi connectivity index (χ1) is 33.4. The van der Waals surface area contributed by atoms with Crippen molar-refractivity contribution in [2.45, 2.75) is 63.5 Å². The molecule has 3 saturated heterocycles. The van der Waals surface area contributed by atoms with E-state index in [1.165, 1.54) is 29.8 Å². The average molecular weight is 1000 g/mol. The second-order valence-electron chi connectivity index (χ2n) is 17.5. The Labute approximate surface area is 411 Å². The van der Waals surface area contributed by atoms with Crippen LogP contribution in [-0.4, -0.2) is 144 Å². The molecular weight excluding hydrogens is 955 g/mol. The van der Waals surface area contributed by atoms with E-state index in [-0.39, 0.29) is 59.9 Å². The lowest BCUT2D eigenvalue weighted by atomic mass is 9.92. The normalized spacial score (nSPS) is 22.9. The van der Waals surface area contributed by atoms with Crippen LogP contribution in [0.15, 0.2) is 61.1 Å². The standard InChI is InChI=1S/C49H49Cl2FN6O10S/c1-25-37-26(2)41(51)44(40(25)50)66-32(19-58-15-13-57(3)14-16-58)21-62-31-9-10-33(63-20-30-11-12-53-49(56-30)68-36-23-65-42-35(61-4)22-64-43(36)42)28(17-31)18-34(48(59)60)67-46-39-38(37)45(69-47(39)55-24-54-46)27-5-7-29(52)8-6-27/h5-12,17,24,32,34-36,42-43H,13-16,18-23H2,1-4H3,(H,59,60)/t32-,34-,35-,36-,42-,43-/m1/s1. The number of carbonyl (C=O) groups is 1. The number of methoxy groups -OCH3 is 1. The molecule has 0 radical (unpaired) electrons. The third kappa shape index (κ3) is 9.73. The molecule has 4 bridgehead atoms. The number of aliphatic carboxylic acids is 1. The second kappa shape index (κ2) is 20.1. The fourth-order valence-electron chi connectivity index (χ4n) is 9.25. The van der Waals surface area contributed by atoms with Crippen LogP contribution in [0.25, 0.3) is 31.8 Å². The maximum atomic E-state index is 14.4. The number of ether oxygens (including phenoxy) is 8. The number of halogens is 3. The predicted molar refractivity (Wildman–Crippen MR) is 255 cm³/mol. The molecule has 0 spiro atoms. The van der Waals surface area contributed by atoms with Gasteiger partial charge < -0.3 is 47.9 Å². The van der Waals surface area contributed by atoms with Gasteiger partial charge in [-0.25, -0.2) is 24.1 Å². The summed E-state index contributed by atoms with van der Waals surface area (Å²) in [7, 11) is 3.72. The van der Waals surface area contributed by atoms with E-state index in [0.717, 1.165) is 26.2 Å². The summed E-state index contributed by atoms with van der Waals surface area (Å²) in [5, 5.41) is 11.9. The molecule has 0 saturated carbocycles. The Balaban J connectivity index is 1.03. The summed E-state index contributed by atoms with van der Waals surface area (Å²) in [5.74, 6) is -0.540. The number of benzene rings is 3. The highest BCUT2D eigenvalue weighted by molar-refractivity contribution is 7.22. The van der Waals surface area contributed by atoms with Crippen LogP contribution in [0.4, 0.5) is 4.39 Å². The molecule has 0 amide bonds. The van der Waals surface area contributed by atoms with Crippen LogP contribution < -0.4 is 23.7 Å². The monoisotopic (exact) mass is 1000 g/mol. The molecule has 3 aromatic heterocycles. The van der Waals surface area contributed by atoms with Crippen LogP contribution in [0.3, 0.4) is 0 Å². The summed E-state index contributed by atoms with van der Waals surface area (Å²) in [6.07, 6.45) is -0.491. The van der Waals surface area contributed by atoms with Gasteiger partial charge in [-0.15, -0.1) is 11.3 Å². The minimum Gasteiger partial charge on any atom is -0.490 e. The van der Waals surface area contributed by atoms with E-state index in [1.54, 1.807) is 49.7 Å².